The first-order chi connectivity index (χ1) is 10.3. The van der Waals surface area contributed by atoms with E-state index in [0.717, 1.165) is 28.7 Å². The average molecular weight is 375 g/mol. The quantitative estimate of drug-likeness (QED) is 0.845. The van der Waals surface area contributed by atoms with Crippen molar-refractivity contribution in [2.45, 2.75) is 12.3 Å². The third-order valence-corrected chi connectivity index (χ3v) is 3.36. The molecular weight excluding hydrogens is 365 g/mol. The van der Waals surface area contributed by atoms with Crippen LogP contribution in [-0.2, 0) is 11.0 Å². The Morgan fingerprint density at radius 3 is 2.05 bits per heavy atom. The molecule has 0 heterocycles. The van der Waals surface area contributed by atoms with E-state index < -0.39 is 23.8 Å². The first-order valence-electron chi connectivity index (χ1n) is 6.09. The maximum Gasteiger partial charge on any atom is 0.416 e. The molecule has 22 heavy (non-hydrogen) atoms. The first kappa shape index (κ1) is 16.4. The number of halogens is 4. The monoisotopic (exact) mass is 374 g/mol. The molecule has 0 amide bonds. The standard InChI is InChI=1S/C15H10BrF3O3/c16-11-5-7-12(8-6-11)22-13(14(20)21)9-1-3-10(4-2-9)15(17,18)19/h1-8,13H,(H,20,21)/t13-/m0/s1. The highest BCUT2D eigenvalue weighted by Gasteiger charge is 2.31. The third-order valence-electron chi connectivity index (χ3n) is 2.83. The predicted molar refractivity (Wildman–Crippen MR) is 76.6 cm³/mol. The number of carboxylic acid groups (broad SMARTS) is 1. The van der Waals surface area contributed by atoms with Crippen LogP contribution >= 0.6 is 15.9 Å². The van der Waals surface area contributed by atoms with E-state index in [2.05, 4.69) is 15.9 Å². The Morgan fingerprint density at radius 1 is 1.05 bits per heavy atom. The number of hydrogen-bond acceptors (Lipinski definition) is 2. The van der Waals surface area contributed by atoms with Crippen LogP contribution in [0.3, 0.4) is 0 Å². The molecule has 116 valence electrons. The van der Waals surface area contributed by atoms with Gasteiger partial charge in [0.15, 0.2) is 0 Å². The summed E-state index contributed by atoms with van der Waals surface area (Å²) in [6.07, 6.45) is -5.85. The molecule has 0 aliphatic rings. The Labute approximate surface area is 132 Å². The van der Waals surface area contributed by atoms with Crippen molar-refractivity contribution in [3.8, 4) is 5.75 Å². The third kappa shape index (κ3) is 4.00. The smallest absolute Gasteiger partial charge is 0.416 e. The van der Waals surface area contributed by atoms with Gasteiger partial charge in [-0.25, -0.2) is 4.79 Å². The highest BCUT2D eigenvalue weighted by atomic mass is 79.9. The Kier molecular flexibility index (Phi) is 4.75. The van der Waals surface area contributed by atoms with Gasteiger partial charge in [-0.05, 0) is 36.4 Å². The minimum Gasteiger partial charge on any atom is -0.478 e. The number of carboxylic acids is 1. The zero-order valence-electron chi connectivity index (χ0n) is 11.0. The van der Waals surface area contributed by atoms with Gasteiger partial charge in [0.1, 0.15) is 5.75 Å². The molecule has 3 nitrogen and oxygen atoms in total. The zero-order valence-corrected chi connectivity index (χ0v) is 12.6. The summed E-state index contributed by atoms with van der Waals surface area (Å²) >= 11 is 3.23. The van der Waals surface area contributed by atoms with Crippen LogP contribution < -0.4 is 4.74 Å². The van der Waals surface area contributed by atoms with Gasteiger partial charge in [0.25, 0.3) is 0 Å². The maximum absolute atomic E-state index is 12.5. The average Bonchev–Trinajstić information content (AvgIpc) is 2.45. The summed E-state index contributed by atoms with van der Waals surface area (Å²) in [4.78, 5) is 11.3. The second-order valence-corrected chi connectivity index (χ2v) is 5.33. The van der Waals surface area contributed by atoms with Gasteiger partial charge in [-0.1, -0.05) is 28.1 Å². The van der Waals surface area contributed by atoms with E-state index in [-0.39, 0.29) is 5.56 Å². The van der Waals surface area contributed by atoms with E-state index in [1.807, 2.05) is 0 Å². The number of aliphatic carboxylic acids is 1. The highest BCUT2D eigenvalue weighted by Crippen LogP contribution is 2.31. The molecule has 0 unspecified atom stereocenters. The molecule has 0 saturated carbocycles. The van der Waals surface area contributed by atoms with Crippen molar-refractivity contribution in [3.05, 3.63) is 64.1 Å². The summed E-state index contributed by atoms with van der Waals surface area (Å²) in [5, 5.41) is 9.22. The summed E-state index contributed by atoms with van der Waals surface area (Å²) < 4.78 is 43.7. The van der Waals surface area contributed by atoms with Crippen LogP contribution in [0.1, 0.15) is 17.2 Å². The van der Waals surface area contributed by atoms with Gasteiger partial charge in [0, 0.05) is 10.0 Å². The Morgan fingerprint density at radius 2 is 1.59 bits per heavy atom. The van der Waals surface area contributed by atoms with E-state index >= 15 is 0 Å². The van der Waals surface area contributed by atoms with Gasteiger partial charge in [0.05, 0.1) is 5.56 Å². The van der Waals surface area contributed by atoms with Crippen LogP contribution in [0.15, 0.2) is 53.0 Å². The van der Waals surface area contributed by atoms with E-state index in [9.17, 15) is 23.1 Å². The van der Waals surface area contributed by atoms with E-state index in [0.29, 0.717) is 5.75 Å². The Hall–Kier alpha value is -2.02. The molecule has 0 fully saturated rings. The molecular formula is C15H10BrF3O3. The molecule has 0 radical (unpaired) electrons. The fourth-order valence-electron chi connectivity index (χ4n) is 1.76. The minimum absolute atomic E-state index is 0.128. The van der Waals surface area contributed by atoms with Crippen molar-refractivity contribution in [2.75, 3.05) is 0 Å². The van der Waals surface area contributed by atoms with Crippen molar-refractivity contribution in [1.82, 2.24) is 0 Å². The molecule has 0 aliphatic carbocycles. The zero-order chi connectivity index (χ0) is 16.3. The molecule has 0 bridgehead atoms. The lowest BCUT2D eigenvalue weighted by Crippen LogP contribution is -2.18. The molecule has 0 aromatic heterocycles. The van der Waals surface area contributed by atoms with Crippen LogP contribution in [0, 0.1) is 0 Å². The summed E-state index contributed by atoms with van der Waals surface area (Å²) in [6.45, 7) is 0. The van der Waals surface area contributed by atoms with Gasteiger partial charge < -0.3 is 9.84 Å². The summed E-state index contributed by atoms with van der Waals surface area (Å²) in [5.74, 6) is -0.988. The Bertz CT molecular complexity index is 651. The Balaban J connectivity index is 2.24. The fraction of sp³-hybridized carbons (Fsp3) is 0.133. The summed E-state index contributed by atoms with van der Waals surface area (Å²) in [6, 6.07) is 10.3. The SMILES string of the molecule is O=C(O)[C@@H](Oc1ccc(Br)cc1)c1ccc(C(F)(F)F)cc1. The topological polar surface area (TPSA) is 46.5 Å². The second kappa shape index (κ2) is 6.39. The maximum atomic E-state index is 12.5. The number of hydrogen-bond donors (Lipinski definition) is 1. The lowest BCUT2D eigenvalue weighted by atomic mass is 10.1. The van der Waals surface area contributed by atoms with E-state index in [1.165, 1.54) is 0 Å². The fourth-order valence-corrected chi connectivity index (χ4v) is 2.02. The summed E-state index contributed by atoms with van der Waals surface area (Å²) in [7, 11) is 0. The molecule has 1 atom stereocenters. The van der Waals surface area contributed by atoms with Crippen molar-refractivity contribution in [3.63, 3.8) is 0 Å². The highest BCUT2D eigenvalue weighted by molar-refractivity contribution is 9.10. The first-order valence-corrected chi connectivity index (χ1v) is 6.89. The molecule has 7 heteroatoms. The van der Waals surface area contributed by atoms with Crippen molar-refractivity contribution in [1.29, 1.82) is 0 Å². The van der Waals surface area contributed by atoms with Gasteiger partial charge in [0.2, 0.25) is 6.10 Å². The second-order valence-electron chi connectivity index (χ2n) is 4.41. The normalized spacial score (nSPS) is 12.7. The van der Waals surface area contributed by atoms with Gasteiger partial charge >= 0.3 is 12.1 Å². The van der Waals surface area contributed by atoms with Gasteiger partial charge in [-0.3, -0.25) is 0 Å². The number of ether oxygens (including phenoxy) is 1. The molecule has 0 aliphatic heterocycles. The van der Waals surface area contributed by atoms with Crippen LogP contribution in [0.5, 0.6) is 5.75 Å². The van der Waals surface area contributed by atoms with Crippen molar-refractivity contribution in [2.24, 2.45) is 0 Å². The lowest BCUT2D eigenvalue weighted by molar-refractivity contribution is -0.145. The molecule has 2 aromatic rings. The van der Waals surface area contributed by atoms with Crippen LogP contribution in [0.4, 0.5) is 13.2 Å². The van der Waals surface area contributed by atoms with Crippen molar-refractivity contribution < 1.29 is 27.8 Å². The van der Waals surface area contributed by atoms with Crippen molar-refractivity contribution >= 4 is 21.9 Å². The molecule has 0 spiro atoms. The minimum atomic E-state index is -4.47. The summed E-state index contributed by atoms with van der Waals surface area (Å²) in [5.41, 5.74) is -0.715. The molecule has 0 saturated heterocycles. The molecule has 2 aromatic carbocycles. The van der Waals surface area contributed by atoms with Gasteiger partial charge in [-0.2, -0.15) is 13.2 Å². The predicted octanol–water partition coefficient (Wildman–Crippen LogP) is 4.67. The van der Waals surface area contributed by atoms with Crippen LogP contribution in [0.25, 0.3) is 0 Å². The number of benzene rings is 2. The number of carbonyl (C=O) groups is 1. The van der Waals surface area contributed by atoms with E-state index in [4.69, 9.17) is 4.74 Å². The van der Waals surface area contributed by atoms with Gasteiger partial charge in [-0.15, -0.1) is 0 Å². The van der Waals surface area contributed by atoms with E-state index in [1.54, 1.807) is 24.3 Å². The number of rotatable bonds is 4. The lowest BCUT2D eigenvalue weighted by Gasteiger charge is -2.16. The number of alkyl halides is 3. The largest absolute Gasteiger partial charge is 0.478 e. The van der Waals surface area contributed by atoms with Crippen LogP contribution in [-0.4, -0.2) is 11.1 Å². The molecule has 2 rings (SSSR count). The molecule has 1 N–H and O–H groups in total. The van der Waals surface area contributed by atoms with Crippen LogP contribution in [0.2, 0.25) is 0 Å².